The molecule has 0 spiro atoms. The van der Waals surface area contributed by atoms with Crippen LogP contribution >= 0.6 is 0 Å². The zero-order chi connectivity index (χ0) is 13.0. The predicted molar refractivity (Wildman–Crippen MR) is 70.1 cm³/mol. The van der Waals surface area contributed by atoms with E-state index in [0.717, 1.165) is 5.56 Å². The van der Waals surface area contributed by atoms with Crippen LogP contribution < -0.4 is 16.2 Å². The Morgan fingerprint density at radius 1 is 1.06 bits per heavy atom. The molecule has 0 heterocycles. The Morgan fingerprint density at radius 2 is 1.72 bits per heavy atom. The van der Waals surface area contributed by atoms with E-state index < -0.39 is 5.91 Å². The Morgan fingerprint density at radius 3 is 2.33 bits per heavy atom. The van der Waals surface area contributed by atoms with Crippen LogP contribution in [0.4, 0.5) is 5.69 Å². The van der Waals surface area contributed by atoms with Crippen molar-refractivity contribution in [2.75, 3.05) is 5.73 Å². The molecule has 4 N–H and O–H groups in total. The molecule has 0 atom stereocenters. The second-order valence-corrected chi connectivity index (χ2v) is 3.88. The molecule has 0 aliphatic heterocycles. The molecule has 2 rings (SSSR count). The summed E-state index contributed by atoms with van der Waals surface area (Å²) in [6.07, 6.45) is 0. The molecule has 0 saturated heterocycles. The van der Waals surface area contributed by atoms with Crippen molar-refractivity contribution < 1.29 is 9.53 Å². The van der Waals surface area contributed by atoms with Crippen molar-refractivity contribution in [2.24, 2.45) is 5.73 Å². The summed E-state index contributed by atoms with van der Waals surface area (Å²) in [6.45, 7) is 0.391. The standard InChI is InChI=1S/C14H14N2O2/c15-13-4-2-1-3-11(13)9-18-12-7-5-10(6-8-12)14(16)17/h1-8H,9,15H2,(H2,16,17). The first-order chi connectivity index (χ1) is 8.66. The van der Waals surface area contributed by atoms with Gasteiger partial charge in [0, 0.05) is 16.8 Å². The van der Waals surface area contributed by atoms with Crippen LogP contribution in [0.5, 0.6) is 5.75 Å². The first-order valence-electron chi connectivity index (χ1n) is 5.53. The fraction of sp³-hybridized carbons (Fsp3) is 0.0714. The average molecular weight is 242 g/mol. The lowest BCUT2D eigenvalue weighted by atomic mass is 10.2. The van der Waals surface area contributed by atoms with Crippen LogP contribution in [-0.2, 0) is 6.61 Å². The van der Waals surface area contributed by atoms with Gasteiger partial charge in [0.1, 0.15) is 12.4 Å². The van der Waals surface area contributed by atoms with Crippen molar-refractivity contribution in [3.8, 4) is 5.75 Å². The van der Waals surface area contributed by atoms with E-state index in [4.69, 9.17) is 16.2 Å². The van der Waals surface area contributed by atoms with Crippen molar-refractivity contribution in [1.29, 1.82) is 0 Å². The summed E-state index contributed by atoms with van der Waals surface area (Å²) in [6, 6.07) is 14.2. The Labute approximate surface area is 105 Å². The van der Waals surface area contributed by atoms with Crippen LogP contribution in [0.25, 0.3) is 0 Å². The fourth-order valence-electron chi connectivity index (χ4n) is 1.54. The van der Waals surface area contributed by atoms with Gasteiger partial charge in [0.2, 0.25) is 5.91 Å². The van der Waals surface area contributed by atoms with Crippen molar-refractivity contribution in [3.05, 3.63) is 59.7 Å². The van der Waals surface area contributed by atoms with Crippen LogP contribution in [0.15, 0.2) is 48.5 Å². The van der Waals surface area contributed by atoms with Crippen molar-refractivity contribution in [1.82, 2.24) is 0 Å². The van der Waals surface area contributed by atoms with Gasteiger partial charge < -0.3 is 16.2 Å². The third-order valence-corrected chi connectivity index (χ3v) is 2.59. The maximum absolute atomic E-state index is 10.9. The minimum Gasteiger partial charge on any atom is -0.489 e. The molecule has 92 valence electrons. The van der Waals surface area contributed by atoms with Gasteiger partial charge in [-0.15, -0.1) is 0 Å². The van der Waals surface area contributed by atoms with Crippen LogP contribution in [0.1, 0.15) is 15.9 Å². The Bertz CT molecular complexity index is 550. The highest BCUT2D eigenvalue weighted by Crippen LogP contribution is 2.16. The summed E-state index contributed by atoms with van der Waals surface area (Å²) in [5.41, 5.74) is 13.0. The van der Waals surface area contributed by atoms with E-state index in [0.29, 0.717) is 23.6 Å². The number of nitrogen functional groups attached to an aromatic ring is 1. The van der Waals surface area contributed by atoms with Gasteiger partial charge in [-0.2, -0.15) is 0 Å². The number of primary amides is 1. The highest BCUT2D eigenvalue weighted by Gasteiger charge is 2.02. The van der Waals surface area contributed by atoms with Crippen LogP contribution in [0, 0.1) is 0 Å². The number of amides is 1. The van der Waals surface area contributed by atoms with Gasteiger partial charge in [-0.25, -0.2) is 0 Å². The largest absolute Gasteiger partial charge is 0.489 e. The average Bonchev–Trinajstić information content (AvgIpc) is 2.38. The Kier molecular flexibility index (Phi) is 3.48. The lowest BCUT2D eigenvalue weighted by Crippen LogP contribution is -2.10. The minimum atomic E-state index is -0.450. The van der Waals surface area contributed by atoms with E-state index >= 15 is 0 Å². The van der Waals surface area contributed by atoms with E-state index in [9.17, 15) is 4.79 Å². The molecule has 18 heavy (non-hydrogen) atoms. The molecule has 0 radical (unpaired) electrons. The molecule has 1 amide bonds. The molecule has 2 aromatic carbocycles. The van der Waals surface area contributed by atoms with Crippen LogP contribution in [-0.4, -0.2) is 5.91 Å². The molecule has 0 aromatic heterocycles. The molecule has 0 bridgehead atoms. The van der Waals surface area contributed by atoms with Gasteiger partial charge in [-0.3, -0.25) is 4.79 Å². The zero-order valence-electron chi connectivity index (χ0n) is 9.80. The van der Waals surface area contributed by atoms with Crippen molar-refractivity contribution >= 4 is 11.6 Å². The van der Waals surface area contributed by atoms with Gasteiger partial charge in [0.05, 0.1) is 0 Å². The number of carbonyl (C=O) groups excluding carboxylic acids is 1. The number of hydrogen-bond donors (Lipinski definition) is 2. The summed E-state index contributed by atoms with van der Waals surface area (Å²) in [5.74, 6) is 0.220. The van der Waals surface area contributed by atoms with E-state index in [-0.39, 0.29) is 0 Å². The minimum absolute atomic E-state index is 0.391. The lowest BCUT2D eigenvalue weighted by Gasteiger charge is -2.08. The fourth-order valence-corrected chi connectivity index (χ4v) is 1.54. The predicted octanol–water partition coefficient (Wildman–Crippen LogP) is 1.95. The number of anilines is 1. The molecule has 2 aromatic rings. The van der Waals surface area contributed by atoms with E-state index in [1.807, 2.05) is 24.3 Å². The number of ether oxygens (including phenoxy) is 1. The van der Waals surface area contributed by atoms with Gasteiger partial charge in [-0.1, -0.05) is 18.2 Å². The summed E-state index contributed by atoms with van der Waals surface area (Å²) >= 11 is 0. The van der Waals surface area contributed by atoms with E-state index in [1.54, 1.807) is 24.3 Å². The molecule has 0 aliphatic carbocycles. The second kappa shape index (κ2) is 5.23. The van der Waals surface area contributed by atoms with E-state index in [2.05, 4.69) is 0 Å². The normalized spacial score (nSPS) is 10.0. The van der Waals surface area contributed by atoms with E-state index in [1.165, 1.54) is 0 Å². The lowest BCUT2D eigenvalue weighted by molar-refractivity contribution is 0.100. The smallest absolute Gasteiger partial charge is 0.248 e. The molecule has 4 heteroatoms. The number of hydrogen-bond acceptors (Lipinski definition) is 3. The van der Waals surface area contributed by atoms with Crippen molar-refractivity contribution in [3.63, 3.8) is 0 Å². The molecule has 0 aliphatic rings. The van der Waals surface area contributed by atoms with Gasteiger partial charge in [-0.05, 0) is 30.3 Å². The maximum atomic E-state index is 10.9. The first-order valence-corrected chi connectivity index (χ1v) is 5.53. The number of nitrogens with two attached hydrogens (primary N) is 2. The van der Waals surface area contributed by atoms with Gasteiger partial charge in [0.25, 0.3) is 0 Å². The monoisotopic (exact) mass is 242 g/mol. The summed E-state index contributed by atoms with van der Waals surface area (Å²) in [4.78, 5) is 10.9. The molecule has 4 nitrogen and oxygen atoms in total. The SMILES string of the molecule is NC(=O)c1ccc(OCc2ccccc2N)cc1. The van der Waals surface area contributed by atoms with Crippen LogP contribution in [0.2, 0.25) is 0 Å². The molecule has 0 saturated carbocycles. The highest BCUT2D eigenvalue weighted by molar-refractivity contribution is 5.92. The number of benzene rings is 2. The molecule has 0 unspecified atom stereocenters. The Hall–Kier alpha value is -2.49. The third kappa shape index (κ3) is 2.79. The number of para-hydroxylation sites is 1. The first kappa shape index (κ1) is 12.0. The summed E-state index contributed by atoms with van der Waals surface area (Å²) in [7, 11) is 0. The summed E-state index contributed by atoms with van der Waals surface area (Å²) < 4.78 is 5.58. The second-order valence-electron chi connectivity index (χ2n) is 3.88. The summed E-state index contributed by atoms with van der Waals surface area (Å²) in [5, 5.41) is 0. The van der Waals surface area contributed by atoms with Crippen LogP contribution in [0.3, 0.4) is 0 Å². The maximum Gasteiger partial charge on any atom is 0.248 e. The topological polar surface area (TPSA) is 78.3 Å². The quantitative estimate of drug-likeness (QED) is 0.804. The van der Waals surface area contributed by atoms with Crippen molar-refractivity contribution in [2.45, 2.75) is 6.61 Å². The molecular weight excluding hydrogens is 228 g/mol. The number of carbonyl (C=O) groups is 1. The third-order valence-electron chi connectivity index (χ3n) is 2.59. The molecular formula is C14H14N2O2. The molecule has 0 fully saturated rings. The van der Waals surface area contributed by atoms with Gasteiger partial charge in [0.15, 0.2) is 0 Å². The van der Waals surface area contributed by atoms with Gasteiger partial charge >= 0.3 is 0 Å². The number of rotatable bonds is 4. The Balaban J connectivity index is 2.02. The zero-order valence-corrected chi connectivity index (χ0v) is 9.80. The highest BCUT2D eigenvalue weighted by atomic mass is 16.5.